The summed E-state index contributed by atoms with van der Waals surface area (Å²) in [6, 6.07) is 24.2. The van der Waals surface area contributed by atoms with Gasteiger partial charge in [0.1, 0.15) is 23.9 Å². The number of hydrogen-bond acceptors (Lipinski definition) is 7. The molecule has 0 aliphatic rings. The Labute approximate surface area is 193 Å². The lowest BCUT2D eigenvalue weighted by molar-refractivity contribution is -0.118. The minimum Gasteiger partial charge on any atom is -0.492 e. The number of para-hydroxylation sites is 1. The second-order valence-corrected chi connectivity index (χ2v) is 8.91. The van der Waals surface area contributed by atoms with Gasteiger partial charge in [0.2, 0.25) is 5.91 Å². The number of benzene rings is 3. The Morgan fingerprint density at radius 3 is 2.56 bits per heavy atom. The van der Waals surface area contributed by atoms with Crippen LogP contribution in [0.25, 0.3) is 10.1 Å². The fourth-order valence-electron chi connectivity index (χ4n) is 2.84. The lowest BCUT2D eigenvalue weighted by atomic mass is 10.3. The molecule has 0 aliphatic heterocycles. The molecular weight excluding hydrogens is 444 g/mol. The van der Waals surface area contributed by atoms with Crippen molar-refractivity contribution in [3.05, 3.63) is 89.2 Å². The summed E-state index contributed by atoms with van der Waals surface area (Å²) < 4.78 is 12.9. The van der Waals surface area contributed by atoms with Gasteiger partial charge in [-0.1, -0.05) is 48.2 Å². The number of nitrogens with zero attached hydrogens (tertiary/aromatic N) is 1. The summed E-state index contributed by atoms with van der Waals surface area (Å²) in [5.41, 5.74) is -0.269. The Balaban J connectivity index is 1.21. The van der Waals surface area contributed by atoms with Gasteiger partial charge >= 0.3 is 0 Å². The molecule has 0 spiro atoms. The molecule has 1 aromatic heterocycles. The number of hydrogen-bond donors (Lipinski definition) is 1. The normalized spacial score (nSPS) is 10.6. The average molecular weight is 465 g/mol. The molecule has 0 atom stereocenters. The topological polar surface area (TPSA) is 77.5 Å². The molecule has 0 saturated carbocycles. The molecule has 1 N–H and O–H groups in total. The third-order valence-corrected chi connectivity index (χ3v) is 6.50. The highest BCUT2D eigenvalue weighted by Gasteiger charge is 2.08. The largest absolute Gasteiger partial charge is 0.492 e. The van der Waals surface area contributed by atoms with Gasteiger partial charge in [-0.25, -0.2) is 0 Å². The quantitative estimate of drug-likeness (QED) is 0.285. The van der Waals surface area contributed by atoms with Crippen LogP contribution in [0.4, 0.5) is 0 Å². The molecule has 6 nitrogen and oxygen atoms in total. The number of ether oxygens (including phenoxy) is 2. The first-order chi connectivity index (χ1) is 15.7. The van der Waals surface area contributed by atoms with Crippen LogP contribution in [-0.2, 0) is 4.79 Å². The summed E-state index contributed by atoms with van der Waals surface area (Å²) in [5, 5.41) is 3.41. The molecule has 162 valence electrons. The monoisotopic (exact) mass is 464 g/mol. The fraction of sp³-hybridized carbons (Fsp3) is 0.125. The van der Waals surface area contributed by atoms with Crippen molar-refractivity contribution in [2.75, 3.05) is 18.9 Å². The summed E-state index contributed by atoms with van der Waals surface area (Å²) in [6.45, 7) is 0.692. The molecule has 0 aliphatic carbocycles. The maximum absolute atomic E-state index is 12.1. The first-order valence-electron chi connectivity index (χ1n) is 9.92. The Kier molecular flexibility index (Phi) is 7.37. The number of carbonyl (C=O) groups is 1. The minimum atomic E-state index is -0.269. The van der Waals surface area contributed by atoms with E-state index < -0.39 is 0 Å². The van der Waals surface area contributed by atoms with Crippen molar-refractivity contribution in [3.8, 4) is 17.2 Å². The van der Waals surface area contributed by atoms with E-state index in [1.807, 2.05) is 66.7 Å². The van der Waals surface area contributed by atoms with Crippen LogP contribution in [-0.4, -0.2) is 29.8 Å². The van der Waals surface area contributed by atoms with Crippen molar-refractivity contribution in [1.29, 1.82) is 0 Å². The van der Waals surface area contributed by atoms with Gasteiger partial charge in [-0.3, -0.25) is 9.59 Å². The summed E-state index contributed by atoms with van der Waals surface area (Å²) in [7, 11) is 0. The molecule has 1 heterocycles. The molecule has 0 saturated heterocycles. The van der Waals surface area contributed by atoms with E-state index in [0.717, 1.165) is 10.4 Å². The number of nitrogens with one attached hydrogen (secondary N) is 1. The number of aromatic nitrogens is 1. The van der Waals surface area contributed by atoms with E-state index in [4.69, 9.17) is 9.47 Å². The van der Waals surface area contributed by atoms with Crippen molar-refractivity contribution < 1.29 is 14.3 Å². The summed E-state index contributed by atoms with van der Waals surface area (Å²) in [6.07, 6.45) is 0. The molecule has 3 aromatic carbocycles. The van der Waals surface area contributed by atoms with Gasteiger partial charge in [-0.15, -0.1) is 11.3 Å². The summed E-state index contributed by atoms with van der Waals surface area (Å²) in [5.74, 6) is 2.12. The standard InChI is InChI=1S/C24H20N2O4S2/c27-22(16-31-24-26-23(28)20-11-4-5-12-21(20)32-24)25-13-14-29-18-9-6-10-19(15-18)30-17-7-2-1-3-8-17/h1-12,15H,13-14,16H2,(H,25,27). The first-order valence-corrected chi connectivity index (χ1v) is 11.7. The number of amides is 1. The molecule has 4 aromatic rings. The second kappa shape index (κ2) is 10.8. The lowest BCUT2D eigenvalue weighted by Gasteiger charge is -2.10. The van der Waals surface area contributed by atoms with E-state index in [9.17, 15) is 9.59 Å². The number of fused-ring (bicyclic) bond motifs is 1. The maximum atomic E-state index is 12.1. The van der Waals surface area contributed by atoms with Crippen LogP contribution in [0.2, 0.25) is 0 Å². The van der Waals surface area contributed by atoms with Gasteiger partial charge in [-0.05, 0) is 36.4 Å². The number of thioether (sulfide) groups is 1. The first kappa shape index (κ1) is 21.9. The molecule has 0 unspecified atom stereocenters. The van der Waals surface area contributed by atoms with Crippen LogP contribution >= 0.6 is 23.1 Å². The van der Waals surface area contributed by atoms with Crippen LogP contribution in [0.15, 0.2) is 88.0 Å². The van der Waals surface area contributed by atoms with E-state index in [1.165, 1.54) is 23.1 Å². The van der Waals surface area contributed by atoms with Crippen LogP contribution in [0.5, 0.6) is 17.2 Å². The van der Waals surface area contributed by atoms with E-state index in [-0.39, 0.29) is 17.2 Å². The SMILES string of the molecule is O=C(CSc1nc(=O)c2ccccc2s1)NCCOc1cccc(Oc2ccccc2)c1. The number of carbonyl (C=O) groups excluding carboxylic acids is 1. The zero-order valence-electron chi connectivity index (χ0n) is 17.0. The molecule has 0 fully saturated rings. The Hall–Kier alpha value is -3.36. The van der Waals surface area contributed by atoms with Gasteiger partial charge in [0.25, 0.3) is 5.56 Å². The zero-order valence-corrected chi connectivity index (χ0v) is 18.7. The predicted molar refractivity (Wildman–Crippen MR) is 128 cm³/mol. The van der Waals surface area contributed by atoms with Crippen molar-refractivity contribution in [2.24, 2.45) is 0 Å². The third kappa shape index (κ3) is 6.09. The van der Waals surface area contributed by atoms with Crippen molar-refractivity contribution in [1.82, 2.24) is 10.3 Å². The van der Waals surface area contributed by atoms with Gasteiger partial charge in [-0.2, -0.15) is 4.98 Å². The molecule has 0 radical (unpaired) electrons. The van der Waals surface area contributed by atoms with Crippen molar-refractivity contribution in [3.63, 3.8) is 0 Å². The lowest BCUT2D eigenvalue weighted by Crippen LogP contribution is -2.29. The second-order valence-electron chi connectivity index (χ2n) is 6.66. The highest BCUT2D eigenvalue weighted by molar-refractivity contribution is 8.01. The van der Waals surface area contributed by atoms with Gasteiger partial charge in [0, 0.05) is 10.8 Å². The molecule has 32 heavy (non-hydrogen) atoms. The Morgan fingerprint density at radius 1 is 0.938 bits per heavy atom. The van der Waals surface area contributed by atoms with E-state index in [1.54, 1.807) is 12.1 Å². The van der Waals surface area contributed by atoms with Crippen LogP contribution < -0.4 is 20.3 Å². The molecule has 0 bridgehead atoms. The van der Waals surface area contributed by atoms with Crippen molar-refractivity contribution >= 4 is 39.1 Å². The molecule has 4 rings (SSSR count). The number of rotatable bonds is 9. The minimum absolute atomic E-state index is 0.144. The van der Waals surface area contributed by atoms with Gasteiger partial charge < -0.3 is 14.8 Å². The average Bonchev–Trinajstić information content (AvgIpc) is 2.81. The van der Waals surface area contributed by atoms with E-state index in [0.29, 0.717) is 34.4 Å². The molecule has 8 heteroatoms. The van der Waals surface area contributed by atoms with E-state index in [2.05, 4.69) is 10.3 Å². The zero-order chi connectivity index (χ0) is 22.2. The van der Waals surface area contributed by atoms with Crippen LogP contribution in [0.3, 0.4) is 0 Å². The van der Waals surface area contributed by atoms with E-state index >= 15 is 0 Å². The predicted octanol–water partition coefficient (Wildman–Crippen LogP) is 4.74. The fourth-order valence-corrected chi connectivity index (χ4v) is 4.76. The maximum Gasteiger partial charge on any atom is 0.280 e. The molecule has 1 amide bonds. The highest BCUT2D eigenvalue weighted by atomic mass is 32.2. The highest BCUT2D eigenvalue weighted by Crippen LogP contribution is 2.26. The van der Waals surface area contributed by atoms with Crippen LogP contribution in [0, 0.1) is 0 Å². The summed E-state index contributed by atoms with van der Waals surface area (Å²) in [4.78, 5) is 28.3. The van der Waals surface area contributed by atoms with Crippen LogP contribution in [0.1, 0.15) is 0 Å². The van der Waals surface area contributed by atoms with Gasteiger partial charge in [0.15, 0.2) is 4.34 Å². The molecular formula is C24H20N2O4S2. The van der Waals surface area contributed by atoms with Crippen molar-refractivity contribution in [2.45, 2.75) is 4.34 Å². The Morgan fingerprint density at radius 2 is 1.69 bits per heavy atom. The summed E-state index contributed by atoms with van der Waals surface area (Å²) >= 11 is 2.66. The van der Waals surface area contributed by atoms with Gasteiger partial charge in [0.05, 0.1) is 17.7 Å². The third-order valence-electron chi connectivity index (χ3n) is 4.31. The smallest absolute Gasteiger partial charge is 0.280 e. The Bertz CT molecular complexity index is 1260.